The van der Waals surface area contributed by atoms with Crippen molar-refractivity contribution in [2.45, 2.75) is 45.4 Å². The van der Waals surface area contributed by atoms with E-state index in [1.807, 2.05) is 24.3 Å². The molecule has 0 unspecified atom stereocenters. The Hall–Kier alpha value is -2.09. The van der Waals surface area contributed by atoms with Crippen molar-refractivity contribution < 1.29 is 4.79 Å². The summed E-state index contributed by atoms with van der Waals surface area (Å²) in [6.07, 6.45) is 7.55. The van der Waals surface area contributed by atoms with Crippen LogP contribution in [-0.2, 0) is 6.42 Å². The summed E-state index contributed by atoms with van der Waals surface area (Å²) in [5, 5.41) is 3.42. The minimum atomic E-state index is 0.118. The predicted octanol–water partition coefficient (Wildman–Crippen LogP) is 5.49. The number of hydrogen-bond donors (Lipinski definition) is 1. The van der Waals surface area contributed by atoms with Gasteiger partial charge in [-0.2, -0.15) is 0 Å². The van der Waals surface area contributed by atoms with Gasteiger partial charge in [0, 0.05) is 17.8 Å². The van der Waals surface area contributed by atoms with Gasteiger partial charge in [0.1, 0.15) is 0 Å². The fraction of sp³-hybridized carbons (Fsp3) is 0.381. The number of unbranched alkanes of at least 4 members (excludes halogenated alkanes) is 4. The van der Waals surface area contributed by atoms with E-state index >= 15 is 0 Å². The third kappa shape index (κ3) is 6.68. The number of aryl methyl sites for hydroxylation is 1. The summed E-state index contributed by atoms with van der Waals surface area (Å²) in [5.74, 6) is 0.118. The average Bonchev–Trinajstić information content (AvgIpc) is 2.58. The van der Waals surface area contributed by atoms with Crippen LogP contribution in [-0.4, -0.2) is 12.3 Å². The first-order valence-corrected chi connectivity index (χ1v) is 8.64. The average molecular weight is 309 g/mol. The molecule has 2 nitrogen and oxygen atoms in total. The SMILES string of the molecule is CC(=O)c1ccc(NCCCCCCCc2ccccc2)cc1. The summed E-state index contributed by atoms with van der Waals surface area (Å²) < 4.78 is 0. The zero-order chi connectivity index (χ0) is 16.3. The van der Waals surface area contributed by atoms with E-state index in [9.17, 15) is 4.79 Å². The van der Waals surface area contributed by atoms with Crippen LogP contribution in [0.4, 0.5) is 5.69 Å². The van der Waals surface area contributed by atoms with Crippen molar-refractivity contribution in [1.29, 1.82) is 0 Å². The van der Waals surface area contributed by atoms with E-state index in [4.69, 9.17) is 0 Å². The lowest BCUT2D eigenvalue weighted by atomic mass is 10.1. The van der Waals surface area contributed by atoms with Crippen LogP contribution in [0.15, 0.2) is 54.6 Å². The molecule has 0 aliphatic heterocycles. The van der Waals surface area contributed by atoms with Gasteiger partial charge in [0.15, 0.2) is 5.78 Å². The molecule has 0 atom stereocenters. The zero-order valence-corrected chi connectivity index (χ0v) is 14.1. The Morgan fingerprint density at radius 2 is 1.48 bits per heavy atom. The Balaban J connectivity index is 1.50. The normalized spacial score (nSPS) is 10.5. The highest BCUT2D eigenvalue weighted by atomic mass is 16.1. The van der Waals surface area contributed by atoms with Crippen molar-refractivity contribution in [3.05, 3.63) is 65.7 Å². The van der Waals surface area contributed by atoms with Crippen molar-refractivity contribution in [2.24, 2.45) is 0 Å². The molecule has 0 bridgehead atoms. The Bertz CT molecular complexity index is 575. The second kappa shape index (κ2) is 9.83. The Kier molecular flexibility index (Phi) is 7.38. The summed E-state index contributed by atoms with van der Waals surface area (Å²) in [6, 6.07) is 18.5. The van der Waals surface area contributed by atoms with Gasteiger partial charge in [-0.1, -0.05) is 49.6 Å². The maximum atomic E-state index is 11.2. The fourth-order valence-electron chi connectivity index (χ4n) is 2.68. The van der Waals surface area contributed by atoms with Gasteiger partial charge in [0.2, 0.25) is 0 Å². The number of carbonyl (C=O) groups is 1. The smallest absolute Gasteiger partial charge is 0.159 e. The van der Waals surface area contributed by atoms with E-state index in [0.29, 0.717) is 0 Å². The maximum absolute atomic E-state index is 11.2. The molecule has 0 radical (unpaired) electrons. The van der Waals surface area contributed by atoms with Crippen LogP contribution >= 0.6 is 0 Å². The molecule has 0 aliphatic rings. The molecule has 0 heterocycles. The molecule has 0 amide bonds. The van der Waals surface area contributed by atoms with Gasteiger partial charge < -0.3 is 5.32 Å². The summed E-state index contributed by atoms with van der Waals surface area (Å²) in [4.78, 5) is 11.2. The minimum absolute atomic E-state index is 0.118. The van der Waals surface area contributed by atoms with Crippen LogP contribution in [0.5, 0.6) is 0 Å². The Morgan fingerprint density at radius 1 is 0.826 bits per heavy atom. The number of Topliss-reactive ketones (excluding diaryl/α,β-unsaturated/α-hetero) is 1. The van der Waals surface area contributed by atoms with Crippen LogP contribution in [0.3, 0.4) is 0 Å². The van der Waals surface area contributed by atoms with Crippen molar-refractivity contribution in [3.63, 3.8) is 0 Å². The number of anilines is 1. The molecule has 122 valence electrons. The highest BCUT2D eigenvalue weighted by Crippen LogP contribution is 2.12. The number of benzene rings is 2. The first-order chi connectivity index (χ1) is 11.3. The zero-order valence-electron chi connectivity index (χ0n) is 14.1. The molecule has 2 heteroatoms. The Labute approximate surface area is 139 Å². The van der Waals surface area contributed by atoms with E-state index in [1.54, 1.807) is 6.92 Å². The largest absolute Gasteiger partial charge is 0.385 e. The standard InChI is InChI=1S/C21H27NO/c1-18(23)20-13-15-21(16-14-20)22-17-9-4-2-3-6-10-19-11-7-5-8-12-19/h5,7-8,11-16,22H,2-4,6,9-10,17H2,1H3. The molecular formula is C21H27NO. The van der Waals surface area contributed by atoms with Crippen molar-refractivity contribution in [3.8, 4) is 0 Å². The number of hydrogen-bond acceptors (Lipinski definition) is 2. The third-order valence-corrected chi connectivity index (χ3v) is 4.11. The van der Waals surface area contributed by atoms with E-state index in [-0.39, 0.29) is 5.78 Å². The molecule has 1 N–H and O–H groups in total. The summed E-state index contributed by atoms with van der Waals surface area (Å²) in [6.45, 7) is 2.60. The first-order valence-electron chi connectivity index (χ1n) is 8.64. The van der Waals surface area contributed by atoms with Crippen LogP contribution < -0.4 is 5.32 Å². The van der Waals surface area contributed by atoms with Crippen molar-refractivity contribution >= 4 is 11.5 Å². The summed E-state index contributed by atoms with van der Waals surface area (Å²) in [7, 11) is 0. The lowest BCUT2D eigenvalue weighted by molar-refractivity contribution is 0.101. The van der Waals surface area contributed by atoms with Gasteiger partial charge in [-0.3, -0.25) is 4.79 Å². The monoisotopic (exact) mass is 309 g/mol. The molecule has 2 rings (SSSR count). The predicted molar refractivity (Wildman–Crippen MR) is 98.2 cm³/mol. The summed E-state index contributed by atoms with van der Waals surface area (Å²) in [5.41, 5.74) is 3.32. The Morgan fingerprint density at radius 3 is 2.17 bits per heavy atom. The minimum Gasteiger partial charge on any atom is -0.385 e. The van der Waals surface area contributed by atoms with Crippen molar-refractivity contribution in [2.75, 3.05) is 11.9 Å². The lowest BCUT2D eigenvalue weighted by Gasteiger charge is -2.07. The van der Waals surface area contributed by atoms with Gasteiger partial charge in [0.25, 0.3) is 0 Å². The fourth-order valence-corrected chi connectivity index (χ4v) is 2.68. The van der Waals surface area contributed by atoms with Crippen LogP contribution in [0, 0.1) is 0 Å². The number of ketones is 1. The number of rotatable bonds is 10. The molecular weight excluding hydrogens is 282 g/mol. The molecule has 23 heavy (non-hydrogen) atoms. The van der Waals surface area contributed by atoms with Crippen LogP contribution in [0.2, 0.25) is 0 Å². The molecule has 0 saturated heterocycles. The first kappa shape index (κ1) is 17.3. The molecule has 0 aliphatic carbocycles. The lowest BCUT2D eigenvalue weighted by Crippen LogP contribution is -2.02. The molecule has 0 aromatic heterocycles. The van der Waals surface area contributed by atoms with E-state index in [1.165, 1.54) is 44.1 Å². The van der Waals surface area contributed by atoms with Gasteiger partial charge in [0.05, 0.1) is 0 Å². The quantitative estimate of drug-likeness (QED) is 0.464. The van der Waals surface area contributed by atoms with Crippen LogP contribution in [0.25, 0.3) is 0 Å². The molecule has 0 saturated carbocycles. The highest BCUT2D eigenvalue weighted by Gasteiger charge is 1.98. The molecule has 2 aromatic rings. The van der Waals surface area contributed by atoms with Gasteiger partial charge in [-0.15, -0.1) is 0 Å². The number of carbonyl (C=O) groups excluding carboxylic acids is 1. The molecule has 0 fully saturated rings. The van der Waals surface area contributed by atoms with Gasteiger partial charge in [-0.05, 0) is 56.0 Å². The second-order valence-electron chi connectivity index (χ2n) is 6.06. The molecule has 2 aromatic carbocycles. The van der Waals surface area contributed by atoms with E-state index in [0.717, 1.165) is 17.8 Å². The van der Waals surface area contributed by atoms with Gasteiger partial charge in [-0.25, -0.2) is 0 Å². The molecule has 0 spiro atoms. The van der Waals surface area contributed by atoms with Crippen molar-refractivity contribution in [1.82, 2.24) is 0 Å². The second-order valence-corrected chi connectivity index (χ2v) is 6.06. The van der Waals surface area contributed by atoms with E-state index < -0.39 is 0 Å². The third-order valence-electron chi connectivity index (χ3n) is 4.11. The van der Waals surface area contributed by atoms with Gasteiger partial charge >= 0.3 is 0 Å². The topological polar surface area (TPSA) is 29.1 Å². The maximum Gasteiger partial charge on any atom is 0.159 e. The highest BCUT2D eigenvalue weighted by molar-refractivity contribution is 5.94. The van der Waals surface area contributed by atoms with Crippen LogP contribution in [0.1, 0.15) is 54.9 Å². The summed E-state index contributed by atoms with van der Waals surface area (Å²) >= 11 is 0. The number of nitrogens with one attached hydrogen (secondary N) is 1. The van der Waals surface area contributed by atoms with E-state index in [2.05, 4.69) is 35.6 Å².